The third-order valence-electron chi connectivity index (χ3n) is 4.36. The van der Waals surface area contributed by atoms with Crippen LogP contribution in [0, 0.1) is 0 Å². The lowest BCUT2D eigenvalue weighted by Crippen LogP contribution is -2.28. The Hall–Kier alpha value is -3.54. The Labute approximate surface area is 164 Å². The van der Waals surface area contributed by atoms with Crippen LogP contribution in [0.2, 0.25) is 0 Å². The summed E-state index contributed by atoms with van der Waals surface area (Å²) in [6.07, 6.45) is 5.69. The summed E-state index contributed by atoms with van der Waals surface area (Å²) in [4.78, 5) is 27.0. The highest BCUT2D eigenvalue weighted by Gasteiger charge is 2.06. The molecule has 3 aromatic rings. The summed E-state index contributed by atoms with van der Waals surface area (Å²) in [7, 11) is 0. The monoisotopic (exact) mass is 376 g/mol. The minimum Gasteiger partial charge on any atom is -0.361 e. The fourth-order valence-electron chi connectivity index (χ4n) is 2.98. The smallest absolute Gasteiger partial charge is 0.319 e. The van der Waals surface area contributed by atoms with Crippen molar-refractivity contribution in [2.75, 3.05) is 17.2 Å². The molecule has 3 rings (SSSR count). The van der Waals surface area contributed by atoms with E-state index in [1.807, 2.05) is 24.4 Å². The predicted octanol–water partition coefficient (Wildman–Crippen LogP) is 4.44. The number of anilines is 2. The van der Waals surface area contributed by atoms with E-state index in [1.165, 1.54) is 10.9 Å². The Balaban J connectivity index is 1.44. The van der Waals surface area contributed by atoms with Crippen LogP contribution in [0.1, 0.15) is 18.4 Å². The molecule has 0 bridgehead atoms. The molecule has 6 heteroatoms. The molecule has 0 spiro atoms. The lowest BCUT2D eigenvalue weighted by Gasteiger charge is -2.08. The molecule has 0 aliphatic rings. The van der Waals surface area contributed by atoms with Crippen molar-refractivity contribution in [3.8, 4) is 0 Å². The van der Waals surface area contributed by atoms with Gasteiger partial charge in [0.05, 0.1) is 0 Å². The van der Waals surface area contributed by atoms with Crippen molar-refractivity contribution in [3.63, 3.8) is 0 Å². The van der Waals surface area contributed by atoms with Crippen molar-refractivity contribution < 1.29 is 9.59 Å². The molecule has 0 saturated carbocycles. The molecule has 144 valence electrons. The zero-order chi connectivity index (χ0) is 19.8. The van der Waals surface area contributed by atoms with Crippen LogP contribution in [0.3, 0.4) is 0 Å². The maximum atomic E-state index is 12.2. The van der Waals surface area contributed by atoms with Crippen molar-refractivity contribution in [2.45, 2.75) is 19.3 Å². The first-order valence-electron chi connectivity index (χ1n) is 9.26. The van der Waals surface area contributed by atoms with E-state index in [1.54, 1.807) is 30.3 Å². The highest BCUT2D eigenvalue weighted by atomic mass is 16.2. The first-order chi connectivity index (χ1) is 13.7. The van der Waals surface area contributed by atoms with Gasteiger partial charge in [-0.15, -0.1) is 6.58 Å². The Morgan fingerprint density at radius 1 is 1.00 bits per heavy atom. The summed E-state index contributed by atoms with van der Waals surface area (Å²) >= 11 is 0. The number of hydrogen-bond acceptors (Lipinski definition) is 2. The molecule has 4 N–H and O–H groups in total. The van der Waals surface area contributed by atoms with Crippen molar-refractivity contribution in [1.29, 1.82) is 0 Å². The molecule has 1 heterocycles. The number of aromatic nitrogens is 1. The van der Waals surface area contributed by atoms with E-state index in [9.17, 15) is 9.59 Å². The zero-order valence-corrected chi connectivity index (χ0v) is 15.6. The van der Waals surface area contributed by atoms with Gasteiger partial charge >= 0.3 is 6.03 Å². The zero-order valence-electron chi connectivity index (χ0n) is 15.6. The van der Waals surface area contributed by atoms with E-state index in [-0.39, 0.29) is 11.9 Å². The fraction of sp³-hybridized carbons (Fsp3) is 0.182. The largest absolute Gasteiger partial charge is 0.361 e. The summed E-state index contributed by atoms with van der Waals surface area (Å²) in [5.41, 5.74) is 3.70. The summed E-state index contributed by atoms with van der Waals surface area (Å²) < 4.78 is 0. The maximum Gasteiger partial charge on any atom is 0.319 e. The summed E-state index contributed by atoms with van der Waals surface area (Å²) in [5.74, 6) is -0.0238. The molecule has 3 amide bonds. The van der Waals surface area contributed by atoms with E-state index in [4.69, 9.17) is 0 Å². The maximum absolute atomic E-state index is 12.2. The highest BCUT2D eigenvalue weighted by Crippen LogP contribution is 2.20. The predicted molar refractivity (Wildman–Crippen MR) is 114 cm³/mol. The van der Waals surface area contributed by atoms with Crippen molar-refractivity contribution in [2.24, 2.45) is 0 Å². The van der Waals surface area contributed by atoms with Gasteiger partial charge in [-0.2, -0.15) is 0 Å². The van der Waals surface area contributed by atoms with Crippen LogP contribution in [0.4, 0.5) is 16.2 Å². The summed E-state index contributed by atoms with van der Waals surface area (Å²) in [6, 6.07) is 14.9. The van der Waals surface area contributed by atoms with Crippen LogP contribution >= 0.6 is 0 Å². The van der Waals surface area contributed by atoms with Gasteiger partial charge in [0.1, 0.15) is 0 Å². The molecule has 0 aliphatic carbocycles. The van der Waals surface area contributed by atoms with Gasteiger partial charge in [0, 0.05) is 41.4 Å². The number of urea groups is 1. The summed E-state index contributed by atoms with van der Waals surface area (Å²) in [5, 5.41) is 9.44. The second-order valence-corrected chi connectivity index (χ2v) is 6.46. The molecule has 0 atom stereocenters. The minimum absolute atomic E-state index is 0.0238. The Kier molecular flexibility index (Phi) is 6.46. The lowest BCUT2D eigenvalue weighted by molar-refractivity contribution is -0.116. The van der Waals surface area contributed by atoms with Gasteiger partial charge in [-0.25, -0.2) is 4.79 Å². The number of benzene rings is 2. The standard InChI is InChI=1S/C22H24N4O2/c1-2-14-23-22(28)26-18-12-10-17(11-13-18)25-21(27)9-5-6-16-15-24-20-8-4-3-7-19(16)20/h2-4,7-8,10-13,15,24H,1,5-6,9,14H2,(H,25,27)(H2,23,26,28). The van der Waals surface area contributed by atoms with Crippen molar-refractivity contribution in [1.82, 2.24) is 10.3 Å². The van der Waals surface area contributed by atoms with Crippen LogP contribution < -0.4 is 16.0 Å². The molecular formula is C22H24N4O2. The lowest BCUT2D eigenvalue weighted by atomic mass is 10.1. The fourth-order valence-corrected chi connectivity index (χ4v) is 2.98. The number of amides is 3. The first-order valence-corrected chi connectivity index (χ1v) is 9.26. The van der Waals surface area contributed by atoms with Crippen LogP contribution in [0.25, 0.3) is 10.9 Å². The van der Waals surface area contributed by atoms with E-state index < -0.39 is 0 Å². The van der Waals surface area contributed by atoms with Crippen LogP contribution in [0.5, 0.6) is 0 Å². The molecule has 0 fully saturated rings. The van der Waals surface area contributed by atoms with Gasteiger partial charge in [-0.1, -0.05) is 24.3 Å². The molecule has 28 heavy (non-hydrogen) atoms. The molecule has 1 aromatic heterocycles. The topological polar surface area (TPSA) is 86.0 Å². The number of carbonyl (C=O) groups is 2. The van der Waals surface area contributed by atoms with E-state index in [0.717, 1.165) is 18.4 Å². The molecule has 6 nitrogen and oxygen atoms in total. The number of aromatic amines is 1. The Bertz CT molecular complexity index is 960. The third kappa shape index (κ3) is 5.23. The minimum atomic E-state index is -0.297. The van der Waals surface area contributed by atoms with Gasteiger partial charge in [-0.05, 0) is 48.7 Å². The van der Waals surface area contributed by atoms with Gasteiger partial charge in [0.25, 0.3) is 0 Å². The van der Waals surface area contributed by atoms with Gasteiger partial charge < -0.3 is 20.9 Å². The van der Waals surface area contributed by atoms with Gasteiger partial charge in [0.15, 0.2) is 0 Å². The van der Waals surface area contributed by atoms with Crippen molar-refractivity contribution >= 4 is 34.2 Å². The highest BCUT2D eigenvalue weighted by molar-refractivity contribution is 5.92. The quantitative estimate of drug-likeness (QED) is 0.438. The summed E-state index contributed by atoms with van der Waals surface area (Å²) in [6.45, 7) is 3.94. The number of para-hydroxylation sites is 1. The molecule has 2 aromatic carbocycles. The van der Waals surface area contributed by atoms with Crippen LogP contribution in [0.15, 0.2) is 67.4 Å². The average Bonchev–Trinajstić information content (AvgIpc) is 3.11. The average molecular weight is 376 g/mol. The molecule has 0 aliphatic heterocycles. The Morgan fingerprint density at radius 2 is 1.71 bits per heavy atom. The number of rotatable bonds is 8. The van der Waals surface area contributed by atoms with Gasteiger partial charge in [-0.3, -0.25) is 4.79 Å². The molecular weight excluding hydrogens is 352 g/mol. The van der Waals surface area contributed by atoms with E-state index >= 15 is 0 Å². The molecule has 0 unspecified atom stereocenters. The normalized spacial score (nSPS) is 10.4. The number of nitrogens with one attached hydrogen (secondary N) is 4. The SMILES string of the molecule is C=CCNC(=O)Nc1ccc(NC(=O)CCCc2c[nH]c3ccccc23)cc1. The van der Waals surface area contributed by atoms with Crippen LogP contribution in [-0.2, 0) is 11.2 Å². The Morgan fingerprint density at radius 3 is 2.46 bits per heavy atom. The number of carbonyl (C=O) groups excluding carboxylic acids is 2. The number of aryl methyl sites for hydroxylation is 1. The molecule has 0 saturated heterocycles. The van der Waals surface area contributed by atoms with Crippen molar-refractivity contribution in [3.05, 3.63) is 72.9 Å². The third-order valence-corrected chi connectivity index (χ3v) is 4.36. The van der Waals surface area contributed by atoms with E-state index in [0.29, 0.717) is 24.3 Å². The number of hydrogen-bond donors (Lipinski definition) is 4. The second kappa shape index (κ2) is 9.41. The molecule has 0 radical (unpaired) electrons. The first kappa shape index (κ1) is 19.2. The van der Waals surface area contributed by atoms with E-state index in [2.05, 4.69) is 33.6 Å². The van der Waals surface area contributed by atoms with Crippen LogP contribution in [-0.4, -0.2) is 23.5 Å². The number of H-pyrrole nitrogens is 1. The van der Waals surface area contributed by atoms with Gasteiger partial charge in [0.2, 0.25) is 5.91 Å². The number of fused-ring (bicyclic) bond motifs is 1. The second-order valence-electron chi connectivity index (χ2n) is 6.46.